The number of rotatable bonds is 2. The van der Waals surface area contributed by atoms with Crippen LogP contribution in [0.15, 0.2) is 48.4 Å². The summed E-state index contributed by atoms with van der Waals surface area (Å²) in [5, 5.41) is 0. The molecule has 2 aromatic rings. The van der Waals surface area contributed by atoms with E-state index < -0.39 is 0 Å². The Morgan fingerprint density at radius 1 is 1.26 bits per heavy atom. The van der Waals surface area contributed by atoms with E-state index in [4.69, 9.17) is 4.74 Å². The van der Waals surface area contributed by atoms with Gasteiger partial charge in [0.1, 0.15) is 18.7 Å². The molecule has 23 heavy (non-hydrogen) atoms. The van der Waals surface area contributed by atoms with Crippen molar-refractivity contribution in [3.8, 4) is 5.75 Å². The Hall–Kier alpha value is -2.69. The zero-order valence-electron chi connectivity index (χ0n) is 12.7. The molecule has 0 saturated carbocycles. The van der Waals surface area contributed by atoms with Crippen molar-refractivity contribution < 1.29 is 9.53 Å². The quantitative estimate of drug-likeness (QED) is 0.856. The molecule has 1 atom stereocenters. The predicted molar refractivity (Wildman–Crippen MR) is 85.6 cm³/mol. The van der Waals surface area contributed by atoms with Gasteiger partial charge in [-0.25, -0.2) is 9.97 Å². The molecular weight excluding hydrogens is 290 g/mol. The monoisotopic (exact) mass is 307 g/mol. The van der Waals surface area contributed by atoms with Gasteiger partial charge in [0.25, 0.3) is 5.91 Å². The van der Waals surface area contributed by atoms with Crippen molar-refractivity contribution in [2.24, 2.45) is 0 Å². The molecule has 0 N–H and O–H groups in total. The van der Waals surface area contributed by atoms with Gasteiger partial charge in [-0.1, -0.05) is 18.2 Å². The summed E-state index contributed by atoms with van der Waals surface area (Å²) >= 11 is 0. The maximum atomic E-state index is 12.9. The van der Waals surface area contributed by atoms with Crippen LogP contribution < -0.4 is 4.74 Å². The summed E-state index contributed by atoms with van der Waals surface area (Å²) < 4.78 is 5.72. The highest BCUT2D eigenvalue weighted by atomic mass is 16.5. The van der Waals surface area contributed by atoms with E-state index in [0.29, 0.717) is 12.2 Å². The fourth-order valence-corrected chi connectivity index (χ4v) is 3.24. The van der Waals surface area contributed by atoms with Gasteiger partial charge in [0.15, 0.2) is 0 Å². The Bertz CT molecular complexity index is 758. The number of likely N-dealkylation sites (tertiary alicyclic amines) is 1. The number of hydrogen-bond acceptors (Lipinski definition) is 4. The van der Waals surface area contributed by atoms with E-state index in [1.807, 2.05) is 41.3 Å². The van der Waals surface area contributed by atoms with Crippen LogP contribution in [0.2, 0.25) is 0 Å². The maximum absolute atomic E-state index is 12.9. The lowest BCUT2D eigenvalue weighted by molar-refractivity contribution is -0.128. The number of carbonyl (C=O) groups excluding carboxylic acids is 1. The van der Waals surface area contributed by atoms with E-state index in [1.165, 1.54) is 6.33 Å². The fraction of sp³-hybridized carbons (Fsp3) is 0.278. The van der Waals surface area contributed by atoms with Crippen molar-refractivity contribution in [3.63, 3.8) is 0 Å². The minimum absolute atomic E-state index is 0.0311. The van der Waals surface area contributed by atoms with Crippen LogP contribution in [0.5, 0.6) is 5.75 Å². The van der Waals surface area contributed by atoms with E-state index in [-0.39, 0.29) is 11.9 Å². The summed E-state index contributed by atoms with van der Waals surface area (Å²) in [4.78, 5) is 23.1. The van der Waals surface area contributed by atoms with Crippen LogP contribution in [0.4, 0.5) is 0 Å². The second kappa shape index (κ2) is 5.83. The molecule has 5 nitrogen and oxygen atoms in total. The molecule has 1 fully saturated rings. The molecule has 0 bridgehead atoms. The molecule has 3 heterocycles. The molecule has 1 amide bonds. The summed E-state index contributed by atoms with van der Waals surface area (Å²) in [7, 11) is 0. The SMILES string of the molecule is O=C(C1=Cc2ccccc2OC1)N1CCCC1c1ccncn1. The van der Waals surface area contributed by atoms with Gasteiger partial charge >= 0.3 is 0 Å². The van der Waals surface area contributed by atoms with Crippen LogP contribution in [-0.4, -0.2) is 33.9 Å². The predicted octanol–water partition coefficient (Wildman–Crippen LogP) is 2.62. The number of benzene rings is 1. The Kier molecular flexibility index (Phi) is 3.54. The first-order chi connectivity index (χ1) is 11.3. The second-order valence-electron chi connectivity index (χ2n) is 5.79. The summed E-state index contributed by atoms with van der Waals surface area (Å²) in [6.07, 6.45) is 7.13. The Labute approximate surface area is 134 Å². The lowest BCUT2D eigenvalue weighted by Gasteiger charge is -2.27. The summed E-state index contributed by atoms with van der Waals surface area (Å²) in [6, 6.07) is 9.69. The lowest BCUT2D eigenvalue weighted by atomic mass is 10.1. The highest BCUT2D eigenvalue weighted by Gasteiger charge is 2.33. The normalized spacial score (nSPS) is 19.7. The summed E-state index contributed by atoms with van der Waals surface area (Å²) in [5.41, 5.74) is 2.56. The molecule has 0 spiro atoms. The number of nitrogens with zero attached hydrogens (tertiary/aromatic N) is 3. The van der Waals surface area contributed by atoms with Gasteiger partial charge in [-0.15, -0.1) is 0 Å². The highest BCUT2D eigenvalue weighted by molar-refractivity contribution is 5.99. The zero-order valence-corrected chi connectivity index (χ0v) is 12.7. The van der Waals surface area contributed by atoms with Crippen molar-refractivity contribution >= 4 is 12.0 Å². The number of amides is 1. The molecule has 1 saturated heterocycles. The van der Waals surface area contributed by atoms with Gasteiger partial charge in [-0.2, -0.15) is 0 Å². The third-order valence-corrected chi connectivity index (χ3v) is 4.37. The van der Waals surface area contributed by atoms with Gasteiger partial charge in [0, 0.05) is 18.3 Å². The maximum Gasteiger partial charge on any atom is 0.253 e. The zero-order chi connectivity index (χ0) is 15.6. The fourth-order valence-electron chi connectivity index (χ4n) is 3.24. The minimum atomic E-state index is 0.0311. The van der Waals surface area contributed by atoms with E-state index in [0.717, 1.165) is 36.4 Å². The summed E-state index contributed by atoms with van der Waals surface area (Å²) in [5.74, 6) is 0.874. The van der Waals surface area contributed by atoms with Crippen LogP contribution >= 0.6 is 0 Å². The molecule has 1 unspecified atom stereocenters. The van der Waals surface area contributed by atoms with Crippen LogP contribution in [0.25, 0.3) is 6.08 Å². The van der Waals surface area contributed by atoms with Crippen molar-refractivity contribution in [3.05, 3.63) is 59.7 Å². The van der Waals surface area contributed by atoms with Gasteiger partial charge in [0.05, 0.1) is 17.3 Å². The standard InChI is InChI=1S/C18H17N3O2/c22-18(14-10-13-4-1-2-6-17(13)23-11-14)21-9-3-5-16(21)15-7-8-19-12-20-15/h1-2,4,6-8,10,12,16H,3,5,9,11H2. The molecule has 1 aromatic carbocycles. The van der Waals surface area contributed by atoms with Crippen molar-refractivity contribution in [1.29, 1.82) is 0 Å². The Morgan fingerprint density at radius 2 is 2.17 bits per heavy atom. The Morgan fingerprint density at radius 3 is 3.04 bits per heavy atom. The number of para-hydroxylation sites is 1. The second-order valence-corrected chi connectivity index (χ2v) is 5.79. The minimum Gasteiger partial charge on any atom is -0.488 e. The molecule has 5 heteroatoms. The van der Waals surface area contributed by atoms with E-state index in [9.17, 15) is 4.79 Å². The number of fused-ring (bicyclic) bond motifs is 1. The molecule has 4 rings (SSSR count). The highest BCUT2D eigenvalue weighted by Crippen LogP contribution is 2.33. The van der Waals surface area contributed by atoms with Crippen molar-refractivity contribution in [2.45, 2.75) is 18.9 Å². The average Bonchev–Trinajstić information content (AvgIpc) is 3.11. The lowest BCUT2D eigenvalue weighted by Crippen LogP contribution is -2.34. The number of ether oxygens (including phenoxy) is 1. The topological polar surface area (TPSA) is 55.3 Å². The number of aromatic nitrogens is 2. The molecule has 0 aliphatic carbocycles. The molecule has 116 valence electrons. The van der Waals surface area contributed by atoms with Gasteiger partial charge in [-0.05, 0) is 31.1 Å². The third-order valence-electron chi connectivity index (χ3n) is 4.37. The van der Waals surface area contributed by atoms with Crippen LogP contribution in [0.1, 0.15) is 30.1 Å². The van der Waals surface area contributed by atoms with Gasteiger partial charge in [-0.3, -0.25) is 4.79 Å². The van der Waals surface area contributed by atoms with Crippen LogP contribution in [-0.2, 0) is 4.79 Å². The smallest absolute Gasteiger partial charge is 0.253 e. The third kappa shape index (κ3) is 2.59. The molecule has 0 radical (unpaired) electrons. The van der Waals surface area contributed by atoms with Crippen molar-refractivity contribution in [2.75, 3.05) is 13.2 Å². The van der Waals surface area contributed by atoms with Crippen LogP contribution in [0.3, 0.4) is 0 Å². The molecule has 2 aliphatic heterocycles. The largest absolute Gasteiger partial charge is 0.488 e. The first-order valence-corrected chi connectivity index (χ1v) is 7.82. The average molecular weight is 307 g/mol. The molecule has 2 aliphatic rings. The first-order valence-electron chi connectivity index (χ1n) is 7.82. The first kappa shape index (κ1) is 13.9. The number of hydrogen-bond donors (Lipinski definition) is 0. The molecule has 1 aromatic heterocycles. The van der Waals surface area contributed by atoms with Crippen molar-refractivity contribution in [1.82, 2.24) is 14.9 Å². The van der Waals surface area contributed by atoms with Gasteiger partial charge < -0.3 is 9.64 Å². The Balaban J connectivity index is 1.61. The summed E-state index contributed by atoms with van der Waals surface area (Å²) in [6.45, 7) is 1.08. The van der Waals surface area contributed by atoms with E-state index in [1.54, 1.807) is 6.20 Å². The van der Waals surface area contributed by atoms with Gasteiger partial charge in [0.2, 0.25) is 0 Å². The van der Waals surface area contributed by atoms with Crippen LogP contribution in [0, 0.1) is 0 Å². The van der Waals surface area contributed by atoms with E-state index in [2.05, 4.69) is 9.97 Å². The molecular formula is C18H17N3O2. The number of carbonyl (C=O) groups is 1. The van der Waals surface area contributed by atoms with E-state index >= 15 is 0 Å².